The molecule has 0 bridgehead atoms. The summed E-state index contributed by atoms with van der Waals surface area (Å²) < 4.78 is 0. The normalized spacial score (nSPS) is 16.7. The third kappa shape index (κ3) is 4.89. The van der Waals surface area contributed by atoms with Gasteiger partial charge >= 0.3 is 0 Å². The summed E-state index contributed by atoms with van der Waals surface area (Å²) in [7, 11) is 0. The Bertz CT molecular complexity index is 888. The Hall–Kier alpha value is -2.42. The van der Waals surface area contributed by atoms with Crippen molar-refractivity contribution >= 4 is 0 Å². The van der Waals surface area contributed by atoms with Gasteiger partial charge in [-0.15, -0.1) is 0 Å². The fourth-order valence-electron chi connectivity index (χ4n) is 4.27. The molecule has 2 nitrogen and oxygen atoms in total. The number of rotatable bonds is 7. The Labute approximate surface area is 169 Å². The average Bonchev–Trinajstić information content (AvgIpc) is 2.72. The van der Waals surface area contributed by atoms with Crippen LogP contribution in [0.1, 0.15) is 27.8 Å². The van der Waals surface area contributed by atoms with Crippen molar-refractivity contribution in [2.45, 2.75) is 38.9 Å². The summed E-state index contributed by atoms with van der Waals surface area (Å²) in [5.41, 5.74) is 7.14. The maximum Gasteiger partial charge on any atom is 0.0240 e. The summed E-state index contributed by atoms with van der Waals surface area (Å²) in [6.07, 6.45) is 2.26. The zero-order chi connectivity index (χ0) is 19.2. The molecule has 0 amide bonds. The highest BCUT2D eigenvalue weighted by Crippen LogP contribution is 2.25. The van der Waals surface area contributed by atoms with Crippen LogP contribution < -0.4 is 5.32 Å². The SMILES string of the molecule is Cc1cccc(CNCCN2Cc3ccccc3CC2Cc2ccccc2)c1. The van der Waals surface area contributed by atoms with Gasteiger partial charge in [-0.2, -0.15) is 0 Å². The molecule has 1 unspecified atom stereocenters. The van der Waals surface area contributed by atoms with Gasteiger partial charge < -0.3 is 5.32 Å². The fraction of sp³-hybridized carbons (Fsp3) is 0.308. The highest BCUT2D eigenvalue weighted by molar-refractivity contribution is 5.31. The lowest BCUT2D eigenvalue weighted by molar-refractivity contribution is 0.170. The summed E-state index contributed by atoms with van der Waals surface area (Å²) >= 11 is 0. The summed E-state index contributed by atoms with van der Waals surface area (Å²) in [6.45, 7) is 6.25. The lowest BCUT2D eigenvalue weighted by Gasteiger charge is -2.37. The van der Waals surface area contributed by atoms with Crippen LogP contribution in [0.25, 0.3) is 0 Å². The maximum atomic E-state index is 3.64. The second kappa shape index (κ2) is 9.18. The fourth-order valence-corrected chi connectivity index (χ4v) is 4.27. The molecule has 1 heterocycles. The number of benzene rings is 3. The zero-order valence-electron chi connectivity index (χ0n) is 16.8. The van der Waals surface area contributed by atoms with Gasteiger partial charge in [0.2, 0.25) is 0 Å². The van der Waals surface area contributed by atoms with Crippen LogP contribution in [-0.4, -0.2) is 24.0 Å². The zero-order valence-corrected chi connectivity index (χ0v) is 16.8. The van der Waals surface area contributed by atoms with Crippen LogP contribution in [0.2, 0.25) is 0 Å². The van der Waals surface area contributed by atoms with Crippen LogP contribution in [0.15, 0.2) is 78.9 Å². The molecule has 2 heteroatoms. The van der Waals surface area contributed by atoms with Gasteiger partial charge in [0.15, 0.2) is 0 Å². The Kier molecular flexibility index (Phi) is 6.20. The minimum Gasteiger partial charge on any atom is -0.311 e. The number of nitrogens with zero attached hydrogens (tertiary/aromatic N) is 1. The molecular formula is C26H30N2. The number of fused-ring (bicyclic) bond motifs is 1. The molecule has 1 aliphatic heterocycles. The van der Waals surface area contributed by atoms with Crippen molar-refractivity contribution in [3.8, 4) is 0 Å². The summed E-state index contributed by atoms with van der Waals surface area (Å²) in [5.74, 6) is 0. The van der Waals surface area contributed by atoms with Gasteiger partial charge in [0.1, 0.15) is 0 Å². The van der Waals surface area contributed by atoms with Crippen LogP contribution in [-0.2, 0) is 25.9 Å². The Balaban J connectivity index is 1.39. The van der Waals surface area contributed by atoms with E-state index in [1.165, 1.54) is 27.8 Å². The van der Waals surface area contributed by atoms with Crippen molar-refractivity contribution in [3.05, 3.63) is 107 Å². The quantitative estimate of drug-likeness (QED) is 0.604. The molecule has 28 heavy (non-hydrogen) atoms. The van der Waals surface area contributed by atoms with E-state index in [4.69, 9.17) is 0 Å². The van der Waals surface area contributed by atoms with Crippen molar-refractivity contribution in [3.63, 3.8) is 0 Å². The van der Waals surface area contributed by atoms with Crippen LogP contribution in [0.3, 0.4) is 0 Å². The van der Waals surface area contributed by atoms with E-state index in [0.29, 0.717) is 6.04 Å². The van der Waals surface area contributed by atoms with Gasteiger partial charge in [-0.1, -0.05) is 84.4 Å². The first-order valence-electron chi connectivity index (χ1n) is 10.4. The summed E-state index contributed by atoms with van der Waals surface area (Å²) in [4.78, 5) is 2.67. The number of hydrogen-bond donors (Lipinski definition) is 1. The number of nitrogens with one attached hydrogen (secondary N) is 1. The van der Waals surface area contributed by atoms with Crippen LogP contribution in [0, 0.1) is 6.92 Å². The molecule has 0 fully saturated rings. The first-order valence-corrected chi connectivity index (χ1v) is 10.4. The topological polar surface area (TPSA) is 15.3 Å². The monoisotopic (exact) mass is 370 g/mol. The van der Waals surface area contributed by atoms with Gasteiger partial charge in [0, 0.05) is 32.2 Å². The third-order valence-corrected chi connectivity index (χ3v) is 5.77. The highest BCUT2D eigenvalue weighted by Gasteiger charge is 2.25. The van der Waals surface area contributed by atoms with Gasteiger partial charge in [-0.25, -0.2) is 0 Å². The summed E-state index contributed by atoms with van der Waals surface area (Å²) in [5, 5.41) is 3.64. The minimum atomic E-state index is 0.568. The van der Waals surface area contributed by atoms with E-state index in [1.54, 1.807) is 0 Å². The molecule has 1 atom stereocenters. The van der Waals surface area contributed by atoms with Gasteiger partial charge in [0.05, 0.1) is 0 Å². The lowest BCUT2D eigenvalue weighted by atomic mass is 9.90. The molecule has 4 rings (SSSR count). The molecule has 3 aromatic rings. The molecule has 144 valence electrons. The number of aryl methyl sites for hydroxylation is 1. The highest BCUT2D eigenvalue weighted by atomic mass is 15.2. The Morgan fingerprint density at radius 1 is 0.857 bits per heavy atom. The van der Waals surface area contributed by atoms with E-state index in [0.717, 1.165) is 39.0 Å². The molecule has 0 spiro atoms. The molecule has 3 aromatic carbocycles. The molecule has 0 radical (unpaired) electrons. The first-order chi connectivity index (χ1) is 13.8. The van der Waals surface area contributed by atoms with E-state index in [2.05, 4.69) is 96.0 Å². The first kappa shape index (κ1) is 18.9. The van der Waals surface area contributed by atoms with Crippen LogP contribution in [0.5, 0.6) is 0 Å². The Morgan fingerprint density at radius 3 is 2.43 bits per heavy atom. The van der Waals surface area contributed by atoms with E-state index >= 15 is 0 Å². The molecule has 1 N–H and O–H groups in total. The van der Waals surface area contributed by atoms with Crippen molar-refractivity contribution in [2.75, 3.05) is 13.1 Å². The Morgan fingerprint density at radius 2 is 1.61 bits per heavy atom. The number of hydrogen-bond acceptors (Lipinski definition) is 2. The van der Waals surface area contributed by atoms with Crippen LogP contribution in [0.4, 0.5) is 0 Å². The summed E-state index contributed by atoms with van der Waals surface area (Å²) in [6, 6.07) is 29.2. The van der Waals surface area contributed by atoms with Crippen LogP contribution >= 0.6 is 0 Å². The van der Waals surface area contributed by atoms with Crippen molar-refractivity contribution in [1.29, 1.82) is 0 Å². The van der Waals surface area contributed by atoms with E-state index < -0.39 is 0 Å². The van der Waals surface area contributed by atoms with Crippen molar-refractivity contribution in [1.82, 2.24) is 10.2 Å². The van der Waals surface area contributed by atoms with Crippen molar-refractivity contribution in [2.24, 2.45) is 0 Å². The van der Waals surface area contributed by atoms with E-state index in [9.17, 15) is 0 Å². The standard InChI is InChI=1S/C26H30N2/c1-21-8-7-11-23(16-21)19-27-14-15-28-20-25-13-6-5-12-24(25)18-26(28)17-22-9-3-2-4-10-22/h2-13,16,26-27H,14-15,17-20H2,1H3. The predicted octanol–water partition coefficient (Wildman–Crippen LogP) is 4.75. The predicted molar refractivity (Wildman–Crippen MR) is 117 cm³/mol. The largest absolute Gasteiger partial charge is 0.311 e. The molecule has 0 saturated carbocycles. The van der Waals surface area contributed by atoms with E-state index in [-0.39, 0.29) is 0 Å². The minimum absolute atomic E-state index is 0.568. The van der Waals surface area contributed by atoms with Gasteiger partial charge in [0.25, 0.3) is 0 Å². The van der Waals surface area contributed by atoms with E-state index in [1.807, 2.05) is 0 Å². The molecular weight excluding hydrogens is 340 g/mol. The third-order valence-electron chi connectivity index (χ3n) is 5.77. The lowest BCUT2D eigenvalue weighted by Crippen LogP contribution is -2.44. The van der Waals surface area contributed by atoms with Gasteiger partial charge in [-0.05, 0) is 42.0 Å². The van der Waals surface area contributed by atoms with Gasteiger partial charge in [-0.3, -0.25) is 4.90 Å². The second-order valence-corrected chi connectivity index (χ2v) is 7.95. The molecule has 0 aliphatic carbocycles. The molecule has 1 aliphatic rings. The second-order valence-electron chi connectivity index (χ2n) is 7.95. The average molecular weight is 371 g/mol. The smallest absolute Gasteiger partial charge is 0.0240 e. The molecule has 0 aromatic heterocycles. The van der Waals surface area contributed by atoms with Crippen molar-refractivity contribution < 1.29 is 0 Å². The molecule has 0 saturated heterocycles. The maximum absolute atomic E-state index is 3.64.